The van der Waals surface area contributed by atoms with Crippen molar-refractivity contribution in [2.45, 2.75) is 50.4 Å². The predicted octanol–water partition coefficient (Wildman–Crippen LogP) is 3.55. The number of carboxylic acids is 1. The Morgan fingerprint density at radius 2 is 2.00 bits per heavy atom. The molecule has 0 amide bonds. The second kappa shape index (κ2) is 10.0. The summed E-state index contributed by atoms with van der Waals surface area (Å²) in [5.74, 6) is -0.212. The molecule has 1 aromatic carbocycles. The van der Waals surface area contributed by atoms with Gasteiger partial charge in [0.15, 0.2) is 0 Å². The van der Waals surface area contributed by atoms with Crippen molar-refractivity contribution >= 4 is 5.97 Å². The molecule has 0 aromatic heterocycles. The first kappa shape index (κ1) is 20.8. The number of hydrogen-bond acceptors (Lipinski definition) is 4. The predicted molar refractivity (Wildman–Crippen MR) is 107 cm³/mol. The summed E-state index contributed by atoms with van der Waals surface area (Å²) in [6.07, 6.45) is 11.0. The maximum Gasteiger partial charge on any atom is 0.329 e. The van der Waals surface area contributed by atoms with Crippen LogP contribution in [0.15, 0.2) is 54.6 Å². The normalized spacial score (nSPS) is 28.9. The first-order valence-corrected chi connectivity index (χ1v) is 10.1. The Hall–Kier alpha value is -1.95. The van der Waals surface area contributed by atoms with Crippen LogP contribution < -0.4 is 0 Å². The van der Waals surface area contributed by atoms with Crippen LogP contribution in [-0.2, 0) is 14.3 Å². The van der Waals surface area contributed by atoms with Gasteiger partial charge in [-0.25, -0.2) is 4.79 Å². The molecule has 2 aliphatic heterocycles. The van der Waals surface area contributed by atoms with Crippen molar-refractivity contribution in [3.05, 3.63) is 60.2 Å². The fraction of sp³-hybridized carbons (Fsp3) is 0.522. The number of fused-ring (bicyclic) bond motifs is 2. The number of aliphatic hydroxyl groups excluding tert-OH is 1. The van der Waals surface area contributed by atoms with E-state index >= 15 is 0 Å². The van der Waals surface area contributed by atoms with Gasteiger partial charge in [0.05, 0.1) is 24.9 Å². The van der Waals surface area contributed by atoms with Crippen LogP contribution in [0.5, 0.6) is 0 Å². The average Bonchev–Trinajstić information content (AvgIpc) is 3.30. The van der Waals surface area contributed by atoms with E-state index in [1.807, 2.05) is 49.4 Å². The Balaban J connectivity index is 1.54. The molecule has 5 heteroatoms. The summed E-state index contributed by atoms with van der Waals surface area (Å²) in [4.78, 5) is 10.4. The second-order valence-electron chi connectivity index (χ2n) is 7.72. The summed E-state index contributed by atoms with van der Waals surface area (Å²) in [5.41, 5.74) is 1.13. The number of allylic oxidation sites excluding steroid dienone is 1. The highest BCUT2D eigenvalue weighted by molar-refractivity contribution is 5.67. The van der Waals surface area contributed by atoms with E-state index in [4.69, 9.17) is 14.6 Å². The van der Waals surface area contributed by atoms with Crippen LogP contribution in [0.25, 0.3) is 0 Å². The summed E-state index contributed by atoms with van der Waals surface area (Å²) in [5, 5.41) is 19.2. The van der Waals surface area contributed by atoms with E-state index in [1.54, 1.807) is 0 Å². The van der Waals surface area contributed by atoms with E-state index < -0.39 is 12.1 Å². The first-order valence-electron chi connectivity index (χ1n) is 10.1. The van der Waals surface area contributed by atoms with E-state index in [2.05, 4.69) is 12.2 Å². The SMILES string of the molecule is CC(c1ccccc1)C(O)/C=C/[C@@H]1[C@H](C/C=C\COCC(=O)O)[C@@H]2CC[C@H]1O2. The van der Waals surface area contributed by atoms with E-state index in [1.165, 1.54) is 0 Å². The first-order chi connectivity index (χ1) is 13.6. The van der Waals surface area contributed by atoms with Gasteiger partial charge in [-0.15, -0.1) is 0 Å². The quantitative estimate of drug-likeness (QED) is 0.475. The lowest BCUT2D eigenvalue weighted by Gasteiger charge is -2.25. The van der Waals surface area contributed by atoms with Crippen molar-refractivity contribution in [1.82, 2.24) is 0 Å². The van der Waals surface area contributed by atoms with Crippen LogP contribution in [0.1, 0.15) is 37.7 Å². The molecule has 2 aliphatic rings. The van der Waals surface area contributed by atoms with Crippen LogP contribution in [-0.4, -0.2) is 47.7 Å². The molecule has 0 saturated carbocycles. The number of aliphatic carboxylic acids is 1. The summed E-state index contributed by atoms with van der Waals surface area (Å²) >= 11 is 0. The van der Waals surface area contributed by atoms with Gasteiger partial charge in [0.2, 0.25) is 0 Å². The number of hydrogen-bond donors (Lipinski definition) is 2. The van der Waals surface area contributed by atoms with E-state index in [-0.39, 0.29) is 24.7 Å². The van der Waals surface area contributed by atoms with Gasteiger partial charge < -0.3 is 19.7 Å². The van der Waals surface area contributed by atoms with E-state index in [9.17, 15) is 9.90 Å². The number of benzene rings is 1. The molecular formula is C23H30O5. The number of aliphatic hydroxyl groups is 1. The van der Waals surface area contributed by atoms with Gasteiger partial charge in [0, 0.05) is 11.8 Å². The molecule has 28 heavy (non-hydrogen) atoms. The Kier molecular flexibility index (Phi) is 7.43. The Bertz CT molecular complexity index is 683. The number of carbonyl (C=O) groups is 1. The molecule has 2 bridgehead atoms. The molecule has 2 unspecified atom stereocenters. The third-order valence-electron chi connectivity index (χ3n) is 5.87. The minimum atomic E-state index is -0.955. The lowest BCUT2D eigenvalue weighted by atomic mass is 9.77. The smallest absolute Gasteiger partial charge is 0.329 e. The van der Waals surface area contributed by atoms with Gasteiger partial charge >= 0.3 is 5.97 Å². The zero-order chi connectivity index (χ0) is 19.9. The molecule has 0 aliphatic carbocycles. The highest BCUT2D eigenvalue weighted by Gasteiger charge is 2.46. The van der Waals surface area contributed by atoms with Crippen LogP contribution in [0.4, 0.5) is 0 Å². The van der Waals surface area contributed by atoms with Crippen LogP contribution in [0, 0.1) is 11.8 Å². The van der Waals surface area contributed by atoms with E-state index in [0.29, 0.717) is 18.4 Å². The van der Waals surface area contributed by atoms with Gasteiger partial charge in [-0.05, 0) is 30.7 Å². The fourth-order valence-corrected chi connectivity index (χ4v) is 4.28. The van der Waals surface area contributed by atoms with Crippen molar-refractivity contribution in [3.63, 3.8) is 0 Å². The van der Waals surface area contributed by atoms with Gasteiger partial charge in [0.1, 0.15) is 6.61 Å². The minimum Gasteiger partial charge on any atom is -0.480 e. The Labute approximate surface area is 166 Å². The molecule has 0 spiro atoms. The minimum absolute atomic E-state index is 0.0432. The molecule has 0 radical (unpaired) electrons. The van der Waals surface area contributed by atoms with Gasteiger partial charge in [-0.1, -0.05) is 61.6 Å². The molecule has 2 heterocycles. The monoisotopic (exact) mass is 386 g/mol. The molecule has 152 valence electrons. The van der Waals surface area contributed by atoms with Gasteiger partial charge in [-0.3, -0.25) is 0 Å². The van der Waals surface area contributed by atoms with Gasteiger partial charge in [0.25, 0.3) is 0 Å². The highest BCUT2D eigenvalue weighted by atomic mass is 16.5. The van der Waals surface area contributed by atoms with Crippen molar-refractivity contribution in [2.75, 3.05) is 13.2 Å². The van der Waals surface area contributed by atoms with Crippen molar-refractivity contribution in [1.29, 1.82) is 0 Å². The fourth-order valence-electron chi connectivity index (χ4n) is 4.28. The summed E-state index contributed by atoms with van der Waals surface area (Å²) in [7, 11) is 0. The summed E-state index contributed by atoms with van der Waals surface area (Å²) in [6, 6.07) is 10.1. The number of carboxylic acid groups (broad SMARTS) is 1. The van der Waals surface area contributed by atoms with E-state index in [0.717, 1.165) is 24.8 Å². The van der Waals surface area contributed by atoms with Crippen molar-refractivity contribution in [3.8, 4) is 0 Å². The molecule has 2 fully saturated rings. The molecular weight excluding hydrogens is 356 g/mol. The zero-order valence-corrected chi connectivity index (χ0v) is 16.3. The lowest BCUT2D eigenvalue weighted by Crippen LogP contribution is -2.26. The van der Waals surface area contributed by atoms with Crippen molar-refractivity contribution < 1.29 is 24.5 Å². The third-order valence-corrected chi connectivity index (χ3v) is 5.87. The second-order valence-corrected chi connectivity index (χ2v) is 7.72. The third kappa shape index (κ3) is 5.31. The molecule has 3 rings (SSSR count). The van der Waals surface area contributed by atoms with Crippen LogP contribution in [0.3, 0.4) is 0 Å². The molecule has 2 N–H and O–H groups in total. The number of rotatable bonds is 10. The van der Waals surface area contributed by atoms with Gasteiger partial charge in [-0.2, -0.15) is 0 Å². The largest absolute Gasteiger partial charge is 0.480 e. The summed E-state index contributed by atoms with van der Waals surface area (Å²) in [6.45, 7) is 2.07. The topological polar surface area (TPSA) is 76.0 Å². The van der Waals surface area contributed by atoms with Crippen molar-refractivity contribution in [2.24, 2.45) is 11.8 Å². The average molecular weight is 386 g/mol. The highest BCUT2D eigenvalue weighted by Crippen LogP contribution is 2.46. The molecule has 2 saturated heterocycles. The molecule has 6 atom stereocenters. The summed E-state index contributed by atoms with van der Waals surface area (Å²) < 4.78 is 11.1. The number of ether oxygens (including phenoxy) is 2. The lowest BCUT2D eigenvalue weighted by molar-refractivity contribution is -0.141. The van der Waals surface area contributed by atoms with Crippen LogP contribution in [0.2, 0.25) is 0 Å². The Morgan fingerprint density at radius 3 is 2.75 bits per heavy atom. The maximum atomic E-state index is 10.6. The van der Waals surface area contributed by atoms with Crippen LogP contribution >= 0.6 is 0 Å². The Morgan fingerprint density at radius 1 is 1.25 bits per heavy atom. The molecule has 1 aromatic rings. The zero-order valence-electron chi connectivity index (χ0n) is 16.3. The maximum absolute atomic E-state index is 10.6. The standard InChI is InChI=1S/C23H30O5/c1-16(17-7-3-2-4-8-17)20(24)11-10-19-18(21-12-13-22(19)28-21)9-5-6-14-27-15-23(25)26/h2-8,10-11,16,18-22,24H,9,12-15H2,1H3,(H,25,26)/b6-5-,11-10+/t16?,18-,19+,20?,21-,22+/m0/s1. The molecule has 5 nitrogen and oxygen atoms in total.